The first-order chi connectivity index (χ1) is 14.0. The number of hydrogen-bond donors (Lipinski definition) is 1. The predicted octanol–water partition coefficient (Wildman–Crippen LogP) is 4.02. The SMILES string of the molecule is Cc1ccccc1N(CC(=O)NN=C1CCCCCC1)S(=O)(=O)c1ccccc1. The first kappa shape index (κ1) is 21.0. The van der Waals surface area contributed by atoms with Gasteiger partial charge in [-0.3, -0.25) is 9.10 Å². The van der Waals surface area contributed by atoms with E-state index in [0.717, 1.165) is 41.3 Å². The highest BCUT2D eigenvalue weighted by Crippen LogP contribution is 2.26. The van der Waals surface area contributed by atoms with Crippen LogP contribution in [0.25, 0.3) is 0 Å². The molecule has 1 amide bonds. The number of anilines is 1. The average molecular weight is 414 g/mol. The molecule has 154 valence electrons. The van der Waals surface area contributed by atoms with Gasteiger partial charge in [0.25, 0.3) is 15.9 Å². The number of hydrazone groups is 1. The van der Waals surface area contributed by atoms with E-state index in [0.29, 0.717) is 5.69 Å². The Bertz CT molecular complexity index is 962. The second kappa shape index (κ2) is 9.69. The number of aryl methyl sites for hydroxylation is 1. The highest BCUT2D eigenvalue weighted by Gasteiger charge is 2.28. The van der Waals surface area contributed by atoms with Crippen LogP contribution in [0.3, 0.4) is 0 Å². The molecular weight excluding hydrogens is 386 g/mol. The number of nitrogens with zero attached hydrogens (tertiary/aromatic N) is 2. The summed E-state index contributed by atoms with van der Waals surface area (Å²) in [5.74, 6) is -0.454. The summed E-state index contributed by atoms with van der Waals surface area (Å²) in [6.07, 6.45) is 6.28. The third kappa shape index (κ3) is 5.44. The lowest BCUT2D eigenvalue weighted by Gasteiger charge is -2.25. The Kier molecular flexibility index (Phi) is 7.04. The largest absolute Gasteiger partial charge is 0.271 e. The Labute approximate surface area is 172 Å². The van der Waals surface area contributed by atoms with Crippen LogP contribution in [-0.2, 0) is 14.8 Å². The molecule has 2 aromatic carbocycles. The second-order valence-corrected chi connectivity index (χ2v) is 9.10. The van der Waals surface area contributed by atoms with Crippen LogP contribution in [-0.4, -0.2) is 26.6 Å². The molecule has 0 aromatic heterocycles. The summed E-state index contributed by atoms with van der Waals surface area (Å²) in [5.41, 5.74) is 4.80. The molecule has 2 aromatic rings. The fraction of sp³-hybridized carbons (Fsp3) is 0.364. The fourth-order valence-corrected chi connectivity index (χ4v) is 4.92. The number of rotatable bonds is 6. The van der Waals surface area contributed by atoms with Crippen molar-refractivity contribution in [3.8, 4) is 0 Å². The van der Waals surface area contributed by atoms with Crippen molar-refractivity contribution < 1.29 is 13.2 Å². The van der Waals surface area contributed by atoms with Crippen LogP contribution in [0.1, 0.15) is 44.1 Å². The molecule has 1 aliphatic rings. The summed E-state index contributed by atoms with van der Waals surface area (Å²) in [6, 6.07) is 15.3. The Morgan fingerprint density at radius 3 is 2.24 bits per heavy atom. The van der Waals surface area contributed by atoms with E-state index in [1.165, 1.54) is 25.0 Å². The van der Waals surface area contributed by atoms with Gasteiger partial charge in [-0.1, -0.05) is 49.2 Å². The maximum Gasteiger partial charge on any atom is 0.264 e. The molecule has 0 aliphatic heterocycles. The topological polar surface area (TPSA) is 78.8 Å². The third-order valence-electron chi connectivity index (χ3n) is 5.02. The van der Waals surface area contributed by atoms with Crippen molar-refractivity contribution in [3.05, 3.63) is 60.2 Å². The normalized spacial score (nSPS) is 14.7. The quantitative estimate of drug-likeness (QED) is 0.574. The standard InChI is InChI=1S/C22H27N3O3S/c1-18-11-9-10-16-21(18)25(29(27,28)20-14-7-4-8-15-20)17-22(26)24-23-19-12-5-2-3-6-13-19/h4,7-11,14-16H,2-3,5-6,12-13,17H2,1H3,(H,24,26). The van der Waals surface area contributed by atoms with E-state index in [9.17, 15) is 13.2 Å². The smallest absolute Gasteiger partial charge is 0.264 e. The number of nitrogens with one attached hydrogen (secondary N) is 1. The van der Waals surface area contributed by atoms with E-state index >= 15 is 0 Å². The van der Waals surface area contributed by atoms with Crippen molar-refractivity contribution in [2.75, 3.05) is 10.8 Å². The highest BCUT2D eigenvalue weighted by atomic mass is 32.2. The average Bonchev–Trinajstić information content (AvgIpc) is 3.00. The van der Waals surface area contributed by atoms with Crippen molar-refractivity contribution in [2.24, 2.45) is 5.10 Å². The monoisotopic (exact) mass is 413 g/mol. The molecule has 0 radical (unpaired) electrons. The summed E-state index contributed by atoms with van der Waals surface area (Å²) in [6.45, 7) is 1.49. The highest BCUT2D eigenvalue weighted by molar-refractivity contribution is 7.92. The maximum absolute atomic E-state index is 13.3. The van der Waals surface area contributed by atoms with Crippen molar-refractivity contribution in [3.63, 3.8) is 0 Å². The van der Waals surface area contributed by atoms with Gasteiger partial charge in [-0.15, -0.1) is 0 Å². The minimum Gasteiger partial charge on any atom is -0.271 e. The molecule has 0 unspecified atom stereocenters. The lowest BCUT2D eigenvalue weighted by atomic mass is 10.2. The van der Waals surface area contributed by atoms with Gasteiger partial charge in [-0.05, 0) is 56.4 Å². The molecule has 3 rings (SSSR count). The van der Waals surface area contributed by atoms with Crippen LogP contribution in [0.2, 0.25) is 0 Å². The summed E-state index contributed by atoms with van der Waals surface area (Å²) in [4.78, 5) is 12.8. The van der Waals surface area contributed by atoms with Crippen LogP contribution >= 0.6 is 0 Å². The zero-order valence-electron chi connectivity index (χ0n) is 16.7. The van der Waals surface area contributed by atoms with E-state index in [4.69, 9.17) is 0 Å². The molecule has 0 spiro atoms. The van der Waals surface area contributed by atoms with Gasteiger partial charge in [0.15, 0.2) is 0 Å². The van der Waals surface area contributed by atoms with Gasteiger partial charge in [0, 0.05) is 5.71 Å². The molecule has 0 bridgehead atoms. The number of para-hydroxylation sites is 1. The van der Waals surface area contributed by atoms with Crippen molar-refractivity contribution in [1.29, 1.82) is 0 Å². The van der Waals surface area contributed by atoms with Crippen molar-refractivity contribution in [2.45, 2.75) is 50.3 Å². The van der Waals surface area contributed by atoms with E-state index in [1.54, 1.807) is 30.3 Å². The Balaban J connectivity index is 1.85. The Hall–Kier alpha value is -2.67. The molecular formula is C22H27N3O3S. The van der Waals surface area contributed by atoms with Crippen LogP contribution < -0.4 is 9.73 Å². The second-order valence-electron chi connectivity index (χ2n) is 7.24. The van der Waals surface area contributed by atoms with Crippen LogP contribution in [0.15, 0.2) is 64.6 Å². The summed E-state index contributed by atoms with van der Waals surface area (Å²) >= 11 is 0. The third-order valence-corrected chi connectivity index (χ3v) is 6.80. The van der Waals surface area contributed by atoms with Gasteiger partial charge in [-0.25, -0.2) is 13.8 Å². The molecule has 6 nitrogen and oxygen atoms in total. The Morgan fingerprint density at radius 1 is 0.966 bits per heavy atom. The number of hydrogen-bond acceptors (Lipinski definition) is 4. The van der Waals surface area contributed by atoms with Crippen LogP contribution in [0.5, 0.6) is 0 Å². The molecule has 0 atom stereocenters. The van der Waals surface area contributed by atoms with E-state index < -0.39 is 15.9 Å². The molecule has 1 fully saturated rings. The number of benzene rings is 2. The van der Waals surface area contributed by atoms with E-state index in [2.05, 4.69) is 10.5 Å². The molecule has 29 heavy (non-hydrogen) atoms. The van der Waals surface area contributed by atoms with Gasteiger partial charge in [0.1, 0.15) is 6.54 Å². The first-order valence-electron chi connectivity index (χ1n) is 9.96. The predicted molar refractivity (Wildman–Crippen MR) is 115 cm³/mol. The fourth-order valence-electron chi connectivity index (χ4n) is 3.42. The van der Waals surface area contributed by atoms with Crippen molar-refractivity contribution in [1.82, 2.24) is 5.43 Å². The lowest BCUT2D eigenvalue weighted by molar-refractivity contribution is -0.119. The number of carbonyl (C=O) groups excluding carboxylic acids is 1. The summed E-state index contributed by atoms with van der Waals surface area (Å²) in [7, 11) is -3.90. The first-order valence-corrected chi connectivity index (χ1v) is 11.4. The lowest BCUT2D eigenvalue weighted by Crippen LogP contribution is -2.40. The van der Waals surface area contributed by atoms with Gasteiger partial charge >= 0.3 is 0 Å². The number of sulfonamides is 1. The molecule has 0 saturated heterocycles. The molecule has 1 aliphatic carbocycles. The van der Waals surface area contributed by atoms with Gasteiger partial charge in [0.05, 0.1) is 10.6 Å². The van der Waals surface area contributed by atoms with Gasteiger partial charge in [0.2, 0.25) is 0 Å². The van der Waals surface area contributed by atoms with E-state index in [1.807, 2.05) is 19.1 Å². The maximum atomic E-state index is 13.3. The zero-order valence-corrected chi connectivity index (χ0v) is 17.5. The van der Waals surface area contributed by atoms with Crippen LogP contribution in [0.4, 0.5) is 5.69 Å². The van der Waals surface area contributed by atoms with Crippen molar-refractivity contribution >= 4 is 27.3 Å². The molecule has 7 heteroatoms. The van der Waals surface area contributed by atoms with Gasteiger partial charge < -0.3 is 0 Å². The zero-order chi connectivity index (χ0) is 20.7. The Morgan fingerprint density at radius 2 is 1.59 bits per heavy atom. The van der Waals surface area contributed by atoms with E-state index in [-0.39, 0.29) is 11.4 Å². The molecule has 1 saturated carbocycles. The van der Waals surface area contributed by atoms with Crippen LogP contribution in [0, 0.1) is 6.92 Å². The minimum absolute atomic E-state index is 0.145. The molecule has 1 N–H and O–H groups in total. The molecule has 0 heterocycles. The van der Waals surface area contributed by atoms with Gasteiger partial charge in [-0.2, -0.15) is 5.10 Å². The number of carbonyl (C=O) groups is 1. The number of amides is 1. The summed E-state index contributed by atoms with van der Waals surface area (Å²) < 4.78 is 27.7. The minimum atomic E-state index is -3.90. The summed E-state index contributed by atoms with van der Waals surface area (Å²) in [5, 5.41) is 4.26.